The lowest BCUT2D eigenvalue weighted by atomic mass is 10.0. The smallest absolute Gasteiger partial charge is 0.224 e. The summed E-state index contributed by atoms with van der Waals surface area (Å²) in [4.78, 5) is 12.1. The van der Waals surface area contributed by atoms with Gasteiger partial charge in [-0.05, 0) is 69.4 Å². The molecule has 0 radical (unpaired) electrons. The lowest BCUT2D eigenvalue weighted by Crippen LogP contribution is -2.26. The normalized spacial score (nSPS) is 10.8. The first-order valence-electron chi connectivity index (χ1n) is 9.02. The van der Waals surface area contributed by atoms with E-state index in [1.54, 1.807) is 0 Å². The van der Waals surface area contributed by atoms with E-state index >= 15 is 0 Å². The zero-order valence-corrected chi connectivity index (χ0v) is 15.8. The van der Waals surface area contributed by atoms with Crippen LogP contribution in [0.3, 0.4) is 0 Å². The van der Waals surface area contributed by atoms with E-state index in [4.69, 9.17) is 4.74 Å². The van der Waals surface area contributed by atoms with Gasteiger partial charge in [0.1, 0.15) is 5.75 Å². The van der Waals surface area contributed by atoms with Crippen molar-refractivity contribution in [2.75, 3.05) is 6.54 Å². The first-order valence-corrected chi connectivity index (χ1v) is 9.02. The molecule has 0 aliphatic carbocycles. The number of carbonyl (C=O) groups excluding carboxylic acids is 1. The van der Waals surface area contributed by atoms with E-state index in [0.29, 0.717) is 13.0 Å². The Bertz CT molecular complexity index is 690. The van der Waals surface area contributed by atoms with Gasteiger partial charge in [-0.15, -0.1) is 0 Å². The summed E-state index contributed by atoms with van der Waals surface area (Å²) in [5.41, 5.74) is 4.74. The summed E-state index contributed by atoms with van der Waals surface area (Å²) in [5, 5.41) is 3.02. The highest BCUT2D eigenvalue weighted by molar-refractivity contribution is 5.78. The van der Waals surface area contributed by atoms with E-state index in [9.17, 15) is 4.79 Å². The van der Waals surface area contributed by atoms with Crippen LogP contribution in [0.1, 0.15) is 42.5 Å². The molecular formula is C22H29NO2. The summed E-state index contributed by atoms with van der Waals surface area (Å²) >= 11 is 0. The Morgan fingerprint density at radius 1 is 1.08 bits per heavy atom. The van der Waals surface area contributed by atoms with Gasteiger partial charge >= 0.3 is 0 Å². The molecule has 134 valence electrons. The molecule has 0 atom stereocenters. The number of hydrogen-bond donors (Lipinski definition) is 1. The number of benzene rings is 2. The average molecular weight is 339 g/mol. The molecule has 0 spiro atoms. The molecule has 2 aromatic carbocycles. The van der Waals surface area contributed by atoms with Gasteiger partial charge in [-0.3, -0.25) is 4.79 Å². The number of aryl methyl sites for hydroxylation is 3. The van der Waals surface area contributed by atoms with Gasteiger partial charge in [-0.1, -0.05) is 35.9 Å². The quantitative estimate of drug-likeness (QED) is 0.725. The third-order valence-electron chi connectivity index (χ3n) is 4.12. The van der Waals surface area contributed by atoms with Gasteiger partial charge < -0.3 is 10.1 Å². The molecule has 0 unspecified atom stereocenters. The highest BCUT2D eigenvalue weighted by Gasteiger charge is 2.06. The number of rotatable bonds is 8. The minimum atomic E-state index is 0.0920. The largest absolute Gasteiger partial charge is 0.491 e. The third kappa shape index (κ3) is 6.61. The van der Waals surface area contributed by atoms with Crippen molar-refractivity contribution in [2.45, 2.75) is 53.1 Å². The van der Waals surface area contributed by atoms with Crippen molar-refractivity contribution in [1.29, 1.82) is 0 Å². The predicted octanol–water partition coefficient (Wildman–Crippen LogP) is 4.38. The summed E-state index contributed by atoms with van der Waals surface area (Å²) in [6.07, 6.45) is 2.53. The van der Waals surface area contributed by atoms with Gasteiger partial charge in [-0.25, -0.2) is 0 Å². The lowest BCUT2D eigenvalue weighted by molar-refractivity contribution is -0.120. The summed E-state index contributed by atoms with van der Waals surface area (Å²) < 4.78 is 5.64. The van der Waals surface area contributed by atoms with E-state index in [2.05, 4.69) is 49.5 Å². The van der Waals surface area contributed by atoms with Crippen molar-refractivity contribution < 1.29 is 9.53 Å². The molecule has 0 aromatic heterocycles. The fourth-order valence-electron chi connectivity index (χ4n) is 2.75. The maximum atomic E-state index is 12.1. The molecule has 0 fully saturated rings. The SMILES string of the molecule is Cc1ccc(C)c(CC(=O)NCCCc2ccc(OC(C)C)cc2)c1. The van der Waals surface area contributed by atoms with E-state index in [-0.39, 0.29) is 12.0 Å². The van der Waals surface area contributed by atoms with Crippen molar-refractivity contribution >= 4 is 5.91 Å². The molecule has 0 saturated carbocycles. The molecule has 3 nitrogen and oxygen atoms in total. The van der Waals surface area contributed by atoms with Gasteiger partial charge in [0.15, 0.2) is 0 Å². The van der Waals surface area contributed by atoms with E-state index in [1.165, 1.54) is 16.7 Å². The van der Waals surface area contributed by atoms with Crippen LogP contribution in [0.5, 0.6) is 5.75 Å². The van der Waals surface area contributed by atoms with Crippen molar-refractivity contribution in [3.8, 4) is 5.75 Å². The van der Waals surface area contributed by atoms with Crippen molar-refractivity contribution in [3.05, 3.63) is 64.7 Å². The fourth-order valence-corrected chi connectivity index (χ4v) is 2.75. The highest BCUT2D eigenvalue weighted by atomic mass is 16.5. The molecule has 0 aliphatic rings. The molecule has 1 N–H and O–H groups in total. The van der Waals surface area contributed by atoms with Crippen LogP contribution >= 0.6 is 0 Å². The number of carbonyl (C=O) groups is 1. The number of hydrogen-bond acceptors (Lipinski definition) is 2. The van der Waals surface area contributed by atoms with Crippen LogP contribution in [-0.4, -0.2) is 18.6 Å². The van der Waals surface area contributed by atoms with Crippen LogP contribution in [0.4, 0.5) is 0 Å². The first kappa shape index (κ1) is 19.0. The van der Waals surface area contributed by atoms with E-state index in [1.807, 2.05) is 26.0 Å². The van der Waals surface area contributed by atoms with Gasteiger partial charge in [0.05, 0.1) is 12.5 Å². The molecular weight excluding hydrogens is 310 g/mol. The van der Waals surface area contributed by atoms with Crippen LogP contribution in [-0.2, 0) is 17.6 Å². The maximum absolute atomic E-state index is 12.1. The topological polar surface area (TPSA) is 38.3 Å². The second-order valence-corrected chi connectivity index (χ2v) is 6.87. The van der Waals surface area contributed by atoms with Crippen molar-refractivity contribution in [2.24, 2.45) is 0 Å². The second-order valence-electron chi connectivity index (χ2n) is 6.87. The Labute approximate surface area is 151 Å². The second kappa shape index (κ2) is 9.26. The molecule has 1 amide bonds. The average Bonchev–Trinajstić information content (AvgIpc) is 2.56. The van der Waals surface area contributed by atoms with Gasteiger partial charge in [0.2, 0.25) is 5.91 Å². The minimum Gasteiger partial charge on any atom is -0.491 e. The summed E-state index contributed by atoms with van der Waals surface area (Å²) in [5.74, 6) is 0.995. The molecule has 0 bridgehead atoms. The van der Waals surface area contributed by atoms with Gasteiger partial charge in [0.25, 0.3) is 0 Å². The number of nitrogens with one attached hydrogen (secondary N) is 1. The fraction of sp³-hybridized carbons (Fsp3) is 0.409. The molecule has 25 heavy (non-hydrogen) atoms. The first-order chi connectivity index (χ1) is 11.9. The predicted molar refractivity (Wildman–Crippen MR) is 103 cm³/mol. The van der Waals surface area contributed by atoms with Crippen LogP contribution < -0.4 is 10.1 Å². The molecule has 0 saturated heterocycles. The maximum Gasteiger partial charge on any atom is 0.224 e. The van der Waals surface area contributed by atoms with Crippen LogP contribution in [0.25, 0.3) is 0 Å². The van der Waals surface area contributed by atoms with Crippen molar-refractivity contribution in [3.63, 3.8) is 0 Å². The summed E-state index contributed by atoms with van der Waals surface area (Å²) in [7, 11) is 0. The Balaban J connectivity index is 1.71. The third-order valence-corrected chi connectivity index (χ3v) is 4.12. The Morgan fingerprint density at radius 2 is 1.80 bits per heavy atom. The molecule has 2 rings (SSSR count). The molecule has 3 heteroatoms. The summed E-state index contributed by atoms with van der Waals surface area (Å²) in [6, 6.07) is 14.4. The Hall–Kier alpha value is -2.29. The Morgan fingerprint density at radius 3 is 2.48 bits per heavy atom. The van der Waals surface area contributed by atoms with Gasteiger partial charge in [-0.2, -0.15) is 0 Å². The van der Waals surface area contributed by atoms with Crippen molar-refractivity contribution in [1.82, 2.24) is 5.32 Å². The molecule has 0 heterocycles. The standard InChI is InChI=1S/C22H29NO2/c1-16(2)25-21-11-9-19(10-12-21)6-5-13-23-22(24)15-20-14-17(3)7-8-18(20)4/h7-12,14,16H,5-6,13,15H2,1-4H3,(H,23,24). The van der Waals surface area contributed by atoms with E-state index in [0.717, 1.165) is 24.2 Å². The monoisotopic (exact) mass is 339 g/mol. The minimum absolute atomic E-state index is 0.0920. The molecule has 2 aromatic rings. The van der Waals surface area contributed by atoms with E-state index < -0.39 is 0 Å². The Kier molecular flexibility index (Phi) is 7.05. The highest BCUT2D eigenvalue weighted by Crippen LogP contribution is 2.15. The van der Waals surface area contributed by atoms with Crippen LogP contribution in [0, 0.1) is 13.8 Å². The zero-order valence-electron chi connectivity index (χ0n) is 15.8. The van der Waals surface area contributed by atoms with Crippen LogP contribution in [0.2, 0.25) is 0 Å². The lowest BCUT2D eigenvalue weighted by Gasteiger charge is -2.10. The number of amides is 1. The van der Waals surface area contributed by atoms with Crippen LogP contribution in [0.15, 0.2) is 42.5 Å². The van der Waals surface area contributed by atoms with Gasteiger partial charge in [0, 0.05) is 6.54 Å². The number of ether oxygens (including phenoxy) is 1. The molecule has 0 aliphatic heterocycles. The summed E-state index contributed by atoms with van der Waals surface area (Å²) in [6.45, 7) is 8.85. The zero-order chi connectivity index (χ0) is 18.2.